The van der Waals surface area contributed by atoms with Gasteiger partial charge in [-0.3, -0.25) is 44.5 Å². The first-order chi connectivity index (χ1) is 68.6. The minimum absolute atomic E-state index is 0.104. The molecule has 42 heteroatoms. The number of nitrogens with one attached hydrogen (secondary N) is 12. The number of likely N-dealkylation sites (N-methyl/N-ethyl adjacent to an activating group) is 2. The molecule has 5 aliphatic rings. The van der Waals surface area contributed by atoms with Crippen LogP contribution in [0.3, 0.4) is 0 Å². The minimum Gasteiger partial charge on any atom is -0.370 e. The van der Waals surface area contributed by atoms with Gasteiger partial charge in [0.25, 0.3) is 0 Å². The van der Waals surface area contributed by atoms with Crippen molar-refractivity contribution in [3.05, 3.63) is 231 Å². The molecule has 0 bridgehead atoms. The number of carbonyl (C=O) groups excluding carboxylic acids is 4. The number of aromatic nitrogens is 16. The molecule has 12 heterocycles. The number of hydrogen-bond acceptors (Lipinski definition) is 26. The summed E-state index contributed by atoms with van der Waals surface area (Å²) < 4.78 is 60.6. The lowest BCUT2D eigenvalue weighted by Crippen LogP contribution is -2.46. The Balaban J connectivity index is 0.000000151. The molecular formula is C101H126Cl4F4N30O4. The second kappa shape index (κ2) is 49.6. The van der Waals surface area contributed by atoms with E-state index in [1.165, 1.54) is 24.8 Å². The molecule has 12 aromatic rings. The van der Waals surface area contributed by atoms with Crippen LogP contribution in [0, 0.1) is 78.7 Å². The highest BCUT2D eigenvalue weighted by Crippen LogP contribution is 2.40. The molecule has 0 radical (unpaired) electrons. The van der Waals surface area contributed by atoms with Gasteiger partial charge in [0.1, 0.15) is 55.0 Å². The Morgan fingerprint density at radius 2 is 0.769 bits per heavy atom. The van der Waals surface area contributed by atoms with Gasteiger partial charge in [-0.1, -0.05) is 72.4 Å². The number of halogens is 8. The number of H-pyrrole nitrogens is 4. The second-order valence-corrected chi connectivity index (χ2v) is 39.0. The number of piperidine rings is 4. The van der Waals surface area contributed by atoms with Crippen LogP contribution >= 0.6 is 46.4 Å². The van der Waals surface area contributed by atoms with Crippen molar-refractivity contribution in [2.75, 3.05) is 124 Å². The number of likely N-dealkylation sites (tertiary alicyclic amines) is 4. The van der Waals surface area contributed by atoms with Crippen LogP contribution in [0.5, 0.6) is 0 Å². The Morgan fingerprint density at radius 1 is 0.434 bits per heavy atom. The quantitative estimate of drug-likeness (QED) is 0.0170. The SMILES string of the molecule is CCN(CC)CC(=O)N1CCC(c2cc(F)c(Cc3ncc(Cl)c(Nc4cc(C)[nH]n4)n3)cc2C)CC1.CNC(C)C(=O)N1CCC(c2cc(F)c(Nc3ncc(Cl)c(Nc4cc(C)[nH]n4)n3)cc2C)CC1.Cc1cc(Nc2nc(Cc3cc(C)c(C4CCN(CCC(=O)NC5CC5)CC4)cc3F)ncc2Cl)n[nH]1.Cc1cc(Nc2nc(Nc3cc(C)c(C4CCN(CCC(N)=O)CC4)cc3F)ncc2Cl)n[nH]1. The number of benzene rings is 4. The number of aromatic amines is 4. The fourth-order valence-corrected chi connectivity index (χ4v) is 18.8. The van der Waals surface area contributed by atoms with Crippen LogP contribution in [0.4, 0.5) is 87.4 Å². The smallest absolute Gasteiger partial charge is 0.239 e. The zero-order chi connectivity index (χ0) is 102. The van der Waals surface area contributed by atoms with E-state index in [4.69, 9.17) is 52.1 Å². The summed E-state index contributed by atoms with van der Waals surface area (Å²) >= 11 is 25.0. The maximum Gasteiger partial charge on any atom is 0.239 e. The van der Waals surface area contributed by atoms with Crippen molar-refractivity contribution < 1.29 is 36.7 Å². The molecule has 8 aromatic heterocycles. The third-order valence-corrected chi connectivity index (χ3v) is 27.7. The first kappa shape index (κ1) is 106. The summed E-state index contributed by atoms with van der Waals surface area (Å²) in [6.07, 6.45) is 16.6. The Kier molecular flexibility index (Phi) is 36.9. The number of carbonyl (C=O) groups is 4. The van der Waals surface area contributed by atoms with E-state index in [1.807, 2.05) is 109 Å². The summed E-state index contributed by atoms with van der Waals surface area (Å²) in [5.74, 6) is 5.19. The van der Waals surface area contributed by atoms with Gasteiger partial charge in [0, 0.05) is 118 Å². The molecule has 760 valence electrons. The number of amides is 4. The van der Waals surface area contributed by atoms with Crippen molar-refractivity contribution in [1.82, 2.24) is 116 Å². The molecule has 4 aliphatic heterocycles. The van der Waals surface area contributed by atoms with Gasteiger partial charge in [-0.25, -0.2) is 47.5 Å². The number of primary amides is 1. The number of rotatable bonds is 33. The van der Waals surface area contributed by atoms with Crippen LogP contribution in [-0.4, -0.2) is 233 Å². The molecule has 1 atom stereocenters. The van der Waals surface area contributed by atoms with Gasteiger partial charge in [-0.2, -0.15) is 30.4 Å². The van der Waals surface area contributed by atoms with Gasteiger partial charge in [0.15, 0.2) is 46.5 Å². The van der Waals surface area contributed by atoms with E-state index >= 15 is 17.6 Å². The van der Waals surface area contributed by atoms with E-state index in [9.17, 15) is 19.2 Å². The average Bonchev–Trinajstić information content (AvgIpc) is 1.67. The van der Waals surface area contributed by atoms with Gasteiger partial charge < -0.3 is 67.9 Å². The number of hydrogen-bond donors (Lipinski definition) is 13. The van der Waals surface area contributed by atoms with E-state index in [0.717, 1.165) is 177 Å². The van der Waals surface area contributed by atoms with Crippen LogP contribution in [0.25, 0.3) is 0 Å². The first-order valence-electron chi connectivity index (χ1n) is 48.6. The number of nitrogens with two attached hydrogens (primary N) is 1. The molecule has 0 spiro atoms. The van der Waals surface area contributed by atoms with Gasteiger partial charge >= 0.3 is 0 Å². The zero-order valence-corrected chi connectivity index (χ0v) is 85.7. The van der Waals surface area contributed by atoms with Crippen molar-refractivity contribution in [2.45, 2.75) is 202 Å². The molecule has 1 aliphatic carbocycles. The van der Waals surface area contributed by atoms with Crippen LogP contribution in [-0.2, 0) is 32.0 Å². The van der Waals surface area contributed by atoms with Gasteiger partial charge in [0.05, 0.1) is 48.7 Å². The molecule has 17 rings (SSSR count). The molecule has 4 saturated heterocycles. The van der Waals surface area contributed by atoms with Crippen molar-refractivity contribution in [2.24, 2.45) is 5.73 Å². The van der Waals surface area contributed by atoms with E-state index in [0.29, 0.717) is 159 Å². The largest absolute Gasteiger partial charge is 0.370 e. The normalized spacial score (nSPS) is 15.3. The first-order valence-corrected chi connectivity index (χ1v) is 50.1. The molecule has 1 saturated carbocycles. The fraction of sp³-hybridized carbons (Fsp3) is 0.446. The zero-order valence-electron chi connectivity index (χ0n) is 82.6. The number of nitrogens with zero attached hydrogens (tertiary/aromatic N) is 17. The summed E-state index contributed by atoms with van der Waals surface area (Å²) in [5, 5.41) is 53.4. The highest BCUT2D eigenvalue weighted by Gasteiger charge is 2.33. The summed E-state index contributed by atoms with van der Waals surface area (Å²) in [6, 6.07) is 21.4. The average molecular weight is 2040 g/mol. The van der Waals surface area contributed by atoms with Crippen LogP contribution < -0.4 is 48.3 Å². The van der Waals surface area contributed by atoms with Gasteiger partial charge in [-0.15, -0.1) is 0 Å². The van der Waals surface area contributed by atoms with E-state index in [-0.39, 0.29) is 101 Å². The van der Waals surface area contributed by atoms with Crippen LogP contribution in [0.15, 0.2) is 97.6 Å². The predicted molar refractivity (Wildman–Crippen MR) is 551 cm³/mol. The standard InChI is InChI=1S/C27H33ClFN7O.C27H35ClFN7O.C24H30ClFN8O.C23H28ClFN8O/c1-16-11-19(13-24-30-15-22(28)27(32-24)33-25-12-17(2)34-35-25)23(29)14-21(16)18-5-8-36(9-6-18)10-7-26(37)31-20-3-4-20;1-5-35(6-2)16-26(37)36-9-7-19(8-10-36)21-14-23(29)20(11-17(21)3)13-24-30-15-22(28)27(31-24)32-25-12-18(4)33-34-25;1-13-9-20(29-24-28-12-18(25)22(31-24)30-21-10-14(2)32-33-21)19(26)11-17(13)16-5-7-34(8-6-16)23(35)15(3)27-4;1-13-9-19(18(25)11-16(13)15-3-6-33(7-4-15)8-5-20(26)34)28-23-27-12-17(24)22(30-23)29-21-10-14(2)31-32-21/h11-12,14-15,18,20H,3-10,13H2,1-2H3,(H,31,37)(H2,30,32,33,34,35);11-12,14-15,19H,5-10,13,16H2,1-4H3,(H2,30,31,32,33,34);9-12,15-16,27H,5-8H2,1-4H3,(H3,28,29,30,31,32,33);9-12,15H,3-8H2,1-2H3,(H2,26,34)(H3,27,28,29,30,31,32). The third kappa shape index (κ3) is 29.6. The minimum atomic E-state index is -0.385. The van der Waals surface area contributed by atoms with E-state index in [2.05, 4.69) is 152 Å². The molecule has 4 aromatic carbocycles. The van der Waals surface area contributed by atoms with Crippen molar-refractivity contribution >= 4 is 140 Å². The maximum atomic E-state index is 15.2. The molecule has 1 unspecified atom stereocenters. The third-order valence-electron chi connectivity index (χ3n) is 26.6. The molecule has 5 fully saturated rings. The summed E-state index contributed by atoms with van der Waals surface area (Å²) in [7, 11) is 1.78. The second-order valence-electron chi connectivity index (χ2n) is 37.3. The van der Waals surface area contributed by atoms with Gasteiger partial charge in [-0.05, 0) is 289 Å². The predicted octanol–water partition coefficient (Wildman–Crippen LogP) is 18.3. The van der Waals surface area contributed by atoms with Crippen molar-refractivity contribution in [1.29, 1.82) is 0 Å². The Morgan fingerprint density at radius 3 is 1.11 bits per heavy atom. The van der Waals surface area contributed by atoms with Crippen LogP contribution in [0.1, 0.15) is 212 Å². The lowest BCUT2D eigenvalue weighted by Gasteiger charge is -2.34. The highest BCUT2D eigenvalue weighted by atomic mass is 35.5. The van der Waals surface area contributed by atoms with Crippen molar-refractivity contribution in [3.63, 3.8) is 0 Å². The summed E-state index contributed by atoms with van der Waals surface area (Å²) in [4.78, 5) is 93.3. The topological polar surface area (TPSA) is 425 Å². The number of anilines is 12. The van der Waals surface area contributed by atoms with E-state index in [1.54, 1.807) is 43.4 Å². The van der Waals surface area contributed by atoms with E-state index < -0.39 is 0 Å². The summed E-state index contributed by atoms with van der Waals surface area (Å²) in [6.45, 7) is 31.6. The summed E-state index contributed by atoms with van der Waals surface area (Å²) in [5.41, 5.74) is 18.7. The van der Waals surface area contributed by atoms with Gasteiger partial charge in [0.2, 0.25) is 35.5 Å². The maximum absolute atomic E-state index is 15.2. The fourth-order valence-electron chi connectivity index (χ4n) is 18.3. The Bertz CT molecular complexity index is 6400. The molecule has 4 amide bonds. The Hall–Kier alpha value is -12.6. The highest BCUT2D eigenvalue weighted by molar-refractivity contribution is 6.34. The van der Waals surface area contributed by atoms with Crippen molar-refractivity contribution in [3.8, 4) is 0 Å². The monoisotopic (exact) mass is 2040 g/mol. The lowest BCUT2D eigenvalue weighted by atomic mass is 9.85. The Labute approximate surface area is 849 Å². The molecule has 14 N–H and O–H groups in total. The molecular weight excluding hydrogens is 1920 g/mol. The lowest BCUT2D eigenvalue weighted by molar-refractivity contribution is -0.134. The number of aryl methyl sites for hydroxylation is 8. The molecule has 34 nitrogen and oxygen atoms in total. The van der Waals surface area contributed by atoms with Crippen LogP contribution in [0.2, 0.25) is 20.1 Å². The molecule has 143 heavy (non-hydrogen) atoms.